The number of ether oxygens (including phenoxy) is 1. The minimum Gasteiger partial charge on any atom is -0.496 e. The number of rotatable bonds is 3. The van der Waals surface area contributed by atoms with Crippen LogP contribution in [0.3, 0.4) is 0 Å². The molecule has 2 aromatic rings. The third kappa shape index (κ3) is 2.71. The van der Waals surface area contributed by atoms with E-state index in [1.165, 1.54) is 12.1 Å². The average Bonchev–Trinajstić information content (AvgIpc) is 2.38. The Bertz CT molecular complexity index is 542. The summed E-state index contributed by atoms with van der Waals surface area (Å²) in [4.78, 5) is 0. The van der Waals surface area contributed by atoms with Gasteiger partial charge in [0.15, 0.2) is 0 Å². The molecule has 0 saturated heterocycles. The largest absolute Gasteiger partial charge is 0.496 e. The van der Waals surface area contributed by atoms with Gasteiger partial charge in [0.1, 0.15) is 11.6 Å². The van der Waals surface area contributed by atoms with Crippen LogP contribution in [0.25, 0.3) is 0 Å². The number of hydrogen-bond acceptors (Lipinski definition) is 2. The molecule has 18 heavy (non-hydrogen) atoms. The molecule has 2 nitrogen and oxygen atoms in total. The van der Waals surface area contributed by atoms with Gasteiger partial charge in [0.25, 0.3) is 0 Å². The monoisotopic (exact) mass is 309 g/mol. The standard InChI is InChI=1S/C14H13BrFNO/c1-18-13-7-4-10(8-12(13)15)14(17)9-2-5-11(16)6-3-9/h2-8,14H,17H2,1H3. The molecule has 2 aromatic carbocycles. The van der Waals surface area contributed by atoms with Crippen LogP contribution in [-0.2, 0) is 0 Å². The summed E-state index contributed by atoms with van der Waals surface area (Å²) in [5.74, 6) is 0.493. The van der Waals surface area contributed by atoms with Crippen LogP contribution in [0.5, 0.6) is 5.75 Å². The molecular formula is C14H13BrFNO. The SMILES string of the molecule is COc1ccc(C(N)c2ccc(F)cc2)cc1Br. The van der Waals surface area contributed by atoms with E-state index in [0.29, 0.717) is 0 Å². The molecule has 0 heterocycles. The van der Waals surface area contributed by atoms with Gasteiger partial charge in [0.2, 0.25) is 0 Å². The molecule has 1 unspecified atom stereocenters. The highest BCUT2D eigenvalue weighted by Gasteiger charge is 2.11. The minimum atomic E-state index is -0.284. The molecule has 0 aliphatic carbocycles. The molecular weight excluding hydrogens is 297 g/mol. The van der Waals surface area contributed by atoms with Crippen LogP contribution >= 0.6 is 15.9 Å². The second-order valence-corrected chi connectivity index (χ2v) is 4.78. The van der Waals surface area contributed by atoms with Crippen molar-refractivity contribution in [2.45, 2.75) is 6.04 Å². The summed E-state index contributed by atoms with van der Waals surface area (Å²) in [6.45, 7) is 0. The molecule has 1 atom stereocenters. The van der Waals surface area contributed by atoms with Gasteiger partial charge in [0.05, 0.1) is 17.6 Å². The Balaban J connectivity index is 2.31. The van der Waals surface area contributed by atoms with Gasteiger partial charge in [-0.05, 0) is 51.3 Å². The normalized spacial score (nSPS) is 12.2. The predicted molar refractivity (Wildman–Crippen MR) is 73.1 cm³/mol. The van der Waals surface area contributed by atoms with Gasteiger partial charge >= 0.3 is 0 Å². The van der Waals surface area contributed by atoms with Crippen molar-refractivity contribution in [1.29, 1.82) is 0 Å². The Morgan fingerprint density at radius 2 is 1.72 bits per heavy atom. The first kappa shape index (κ1) is 13.1. The molecule has 0 bridgehead atoms. The average molecular weight is 310 g/mol. The van der Waals surface area contributed by atoms with E-state index < -0.39 is 0 Å². The summed E-state index contributed by atoms with van der Waals surface area (Å²) < 4.78 is 18.9. The fraction of sp³-hybridized carbons (Fsp3) is 0.143. The second-order valence-electron chi connectivity index (χ2n) is 3.92. The smallest absolute Gasteiger partial charge is 0.133 e. The lowest BCUT2D eigenvalue weighted by Crippen LogP contribution is -2.11. The molecule has 0 spiro atoms. The van der Waals surface area contributed by atoms with E-state index in [4.69, 9.17) is 10.5 Å². The Kier molecular flexibility index (Phi) is 3.99. The number of nitrogens with two attached hydrogens (primary N) is 1. The molecule has 4 heteroatoms. The van der Waals surface area contributed by atoms with Crippen molar-refractivity contribution in [3.8, 4) is 5.75 Å². The fourth-order valence-electron chi connectivity index (χ4n) is 1.74. The summed E-state index contributed by atoms with van der Waals surface area (Å²) >= 11 is 3.42. The molecule has 0 aromatic heterocycles. The number of hydrogen-bond donors (Lipinski definition) is 1. The summed E-state index contributed by atoms with van der Waals surface area (Å²) in [6.07, 6.45) is 0. The molecule has 94 valence electrons. The van der Waals surface area contributed by atoms with Crippen LogP contribution < -0.4 is 10.5 Å². The third-order valence-electron chi connectivity index (χ3n) is 2.76. The lowest BCUT2D eigenvalue weighted by atomic mass is 10.00. The Morgan fingerprint density at radius 1 is 1.11 bits per heavy atom. The highest BCUT2D eigenvalue weighted by Crippen LogP contribution is 2.29. The van der Waals surface area contributed by atoms with Gasteiger partial charge < -0.3 is 10.5 Å². The molecule has 0 amide bonds. The van der Waals surface area contributed by atoms with E-state index in [-0.39, 0.29) is 11.9 Å². The minimum absolute atomic E-state index is 0.262. The maximum atomic E-state index is 12.9. The van der Waals surface area contributed by atoms with E-state index in [1.54, 1.807) is 19.2 Å². The van der Waals surface area contributed by atoms with Crippen LogP contribution in [0.4, 0.5) is 4.39 Å². The van der Waals surface area contributed by atoms with Crippen LogP contribution in [-0.4, -0.2) is 7.11 Å². The van der Waals surface area contributed by atoms with E-state index in [9.17, 15) is 4.39 Å². The first-order valence-electron chi connectivity index (χ1n) is 5.46. The summed E-state index contributed by atoms with van der Waals surface area (Å²) in [5, 5.41) is 0. The Labute approximate surface area is 114 Å². The quantitative estimate of drug-likeness (QED) is 0.939. The lowest BCUT2D eigenvalue weighted by molar-refractivity contribution is 0.412. The van der Waals surface area contributed by atoms with Crippen molar-refractivity contribution in [2.24, 2.45) is 5.73 Å². The zero-order valence-electron chi connectivity index (χ0n) is 9.86. The van der Waals surface area contributed by atoms with Gasteiger partial charge in [-0.15, -0.1) is 0 Å². The van der Waals surface area contributed by atoms with Crippen molar-refractivity contribution in [2.75, 3.05) is 7.11 Å². The zero-order chi connectivity index (χ0) is 13.1. The summed E-state index contributed by atoms with van der Waals surface area (Å²) in [7, 11) is 1.61. The van der Waals surface area contributed by atoms with E-state index in [1.807, 2.05) is 18.2 Å². The molecule has 0 aliphatic rings. The first-order valence-corrected chi connectivity index (χ1v) is 6.25. The molecule has 0 aliphatic heterocycles. The van der Waals surface area contributed by atoms with Crippen LogP contribution in [0.15, 0.2) is 46.9 Å². The van der Waals surface area contributed by atoms with Crippen molar-refractivity contribution in [3.63, 3.8) is 0 Å². The third-order valence-corrected chi connectivity index (χ3v) is 3.38. The van der Waals surface area contributed by atoms with Crippen LogP contribution in [0, 0.1) is 5.82 Å². The van der Waals surface area contributed by atoms with Crippen molar-refractivity contribution < 1.29 is 9.13 Å². The Hall–Kier alpha value is -1.39. The maximum Gasteiger partial charge on any atom is 0.133 e. The molecule has 0 fully saturated rings. The maximum absolute atomic E-state index is 12.9. The topological polar surface area (TPSA) is 35.2 Å². The van der Waals surface area contributed by atoms with Gasteiger partial charge in [-0.25, -0.2) is 4.39 Å². The van der Waals surface area contributed by atoms with Crippen LogP contribution in [0.2, 0.25) is 0 Å². The highest BCUT2D eigenvalue weighted by atomic mass is 79.9. The van der Waals surface area contributed by atoms with Crippen molar-refractivity contribution >= 4 is 15.9 Å². The molecule has 2 N–H and O–H groups in total. The second kappa shape index (κ2) is 5.50. The van der Waals surface area contributed by atoms with Crippen molar-refractivity contribution in [3.05, 3.63) is 63.9 Å². The fourth-order valence-corrected chi connectivity index (χ4v) is 2.30. The van der Waals surface area contributed by atoms with Gasteiger partial charge in [0, 0.05) is 0 Å². The van der Waals surface area contributed by atoms with Crippen molar-refractivity contribution in [1.82, 2.24) is 0 Å². The van der Waals surface area contributed by atoms with Gasteiger partial charge in [-0.3, -0.25) is 0 Å². The van der Waals surface area contributed by atoms with E-state index in [0.717, 1.165) is 21.3 Å². The number of halogens is 2. The summed E-state index contributed by atoms with van der Waals surface area (Å²) in [5.41, 5.74) is 7.95. The first-order chi connectivity index (χ1) is 8.61. The highest BCUT2D eigenvalue weighted by molar-refractivity contribution is 9.10. The summed E-state index contributed by atoms with van der Waals surface area (Å²) in [6, 6.07) is 11.6. The van der Waals surface area contributed by atoms with Gasteiger partial charge in [-0.1, -0.05) is 18.2 Å². The predicted octanol–water partition coefficient (Wildman–Crippen LogP) is 3.64. The van der Waals surface area contributed by atoms with E-state index in [2.05, 4.69) is 15.9 Å². The Morgan fingerprint density at radius 3 is 2.28 bits per heavy atom. The zero-order valence-corrected chi connectivity index (χ0v) is 11.4. The number of benzene rings is 2. The molecule has 0 saturated carbocycles. The van der Waals surface area contributed by atoms with Crippen LogP contribution in [0.1, 0.15) is 17.2 Å². The molecule has 0 radical (unpaired) electrons. The molecule has 2 rings (SSSR count). The number of methoxy groups -OCH3 is 1. The lowest BCUT2D eigenvalue weighted by Gasteiger charge is -2.14. The van der Waals surface area contributed by atoms with Gasteiger partial charge in [-0.2, -0.15) is 0 Å². The van der Waals surface area contributed by atoms with E-state index >= 15 is 0 Å².